The average Bonchev–Trinajstić information content (AvgIpc) is 2.39. The number of rotatable bonds is 3. The summed E-state index contributed by atoms with van der Waals surface area (Å²) >= 11 is 6.08. The zero-order chi connectivity index (χ0) is 13.1. The molecule has 18 heavy (non-hydrogen) atoms. The van der Waals surface area contributed by atoms with Crippen molar-refractivity contribution in [2.75, 3.05) is 7.11 Å². The van der Waals surface area contributed by atoms with Crippen molar-refractivity contribution in [2.45, 2.75) is 13.5 Å². The number of nitrogens with two attached hydrogens (primary N) is 1. The van der Waals surface area contributed by atoms with Gasteiger partial charge in [0.05, 0.1) is 7.11 Å². The first-order valence-corrected chi connectivity index (χ1v) is 6.17. The van der Waals surface area contributed by atoms with Gasteiger partial charge in [-0.25, -0.2) is 0 Å². The average molecular weight is 262 g/mol. The Kier molecular flexibility index (Phi) is 3.90. The second-order valence-electron chi connectivity index (χ2n) is 4.21. The third-order valence-corrected chi connectivity index (χ3v) is 3.30. The first-order chi connectivity index (χ1) is 8.65. The number of halogens is 1. The van der Waals surface area contributed by atoms with Crippen molar-refractivity contribution < 1.29 is 4.74 Å². The molecule has 0 aliphatic heterocycles. The van der Waals surface area contributed by atoms with Crippen LogP contribution in [0.15, 0.2) is 36.4 Å². The molecule has 0 aromatic heterocycles. The molecular weight excluding hydrogens is 246 g/mol. The van der Waals surface area contributed by atoms with E-state index >= 15 is 0 Å². The van der Waals surface area contributed by atoms with Crippen LogP contribution in [0.1, 0.15) is 11.1 Å². The molecule has 2 N–H and O–H groups in total. The Morgan fingerprint density at radius 3 is 2.61 bits per heavy atom. The van der Waals surface area contributed by atoms with Crippen molar-refractivity contribution in [2.24, 2.45) is 5.73 Å². The van der Waals surface area contributed by atoms with Crippen LogP contribution < -0.4 is 10.5 Å². The van der Waals surface area contributed by atoms with Crippen molar-refractivity contribution in [1.29, 1.82) is 0 Å². The quantitative estimate of drug-likeness (QED) is 0.913. The second kappa shape index (κ2) is 5.42. The molecule has 2 rings (SSSR count). The van der Waals surface area contributed by atoms with Crippen LogP contribution in [0.4, 0.5) is 0 Å². The molecule has 0 saturated carbocycles. The first kappa shape index (κ1) is 12.9. The lowest BCUT2D eigenvalue weighted by Crippen LogP contribution is -1.98. The van der Waals surface area contributed by atoms with Gasteiger partial charge in [0.25, 0.3) is 0 Å². The highest BCUT2D eigenvalue weighted by atomic mass is 35.5. The minimum atomic E-state index is 0.431. The van der Waals surface area contributed by atoms with Crippen molar-refractivity contribution in [3.05, 3.63) is 52.5 Å². The lowest BCUT2D eigenvalue weighted by Gasteiger charge is -2.11. The lowest BCUT2D eigenvalue weighted by atomic mass is 10.0. The van der Waals surface area contributed by atoms with Crippen molar-refractivity contribution in [3.63, 3.8) is 0 Å². The number of aryl methyl sites for hydroxylation is 1. The Morgan fingerprint density at radius 2 is 1.94 bits per heavy atom. The van der Waals surface area contributed by atoms with E-state index < -0.39 is 0 Å². The third kappa shape index (κ3) is 2.50. The van der Waals surface area contributed by atoms with Crippen molar-refractivity contribution in [1.82, 2.24) is 0 Å². The topological polar surface area (TPSA) is 35.2 Å². The summed E-state index contributed by atoms with van der Waals surface area (Å²) in [6, 6.07) is 12.0. The highest BCUT2D eigenvalue weighted by molar-refractivity contribution is 6.31. The summed E-state index contributed by atoms with van der Waals surface area (Å²) in [5, 5.41) is 0.702. The third-order valence-electron chi connectivity index (χ3n) is 2.93. The second-order valence-corrected chi connectivity index (χ2v) is 4.62. The van der Waals surface area contributed by atoms with Gasteiger partial charge in [-0.15, -0.1) is 0 Å². The molecule has 0 spiro atoms. The maximum atomic E-state index is 6.08. The zero-order valence-electron chi connectivity index (χ0n) is 10.5. The van der Waals surface area contributed by atoms with E-state index in [1.165, 1.54) is 5.56 Å². The molecule has 3 heteroatoms. The van der Waals surface area contributed by atoms with E-state index in [-0.39, 0.29) is 0 Å². The predicted molar refractivity (Wildman–Crippen MR) is 76.1 cm³/mol. The van der Waals surface area contributed by atoms with Gasteiger partial charge in [-0.3, -0.25) is 0 Å². The molecule has 2 aromatic rings. The van der Waals surface area contributed by atoms with E-state index in [1.807, 2.05) is 30.3 Å². The molecule has 0 amide bonds. The van der Waals surface area contributed by atoms with E-state index in [0.29, 0.717) is 11.6 Å². The van der Waals surface area contributed by atoms with E-state index in [4.69, 9.17) is 22.1 Å². The summed E-state index contributed by atoms with van der Waals surface area (Å²) < 4.78 is 5.39. The molecule has 2 nitrogen and oxygen atoms in total. The van der Waals surface area contributed by atoms with Crippen LogP contribution in [0.5, 0.6) is 5.75 Å². The molecule has 94 valence electrons. The van der Waals surface area contributed by atoms with Crippen LogP contribution in [0, 0.1) is 6.92 Å². The van der Waals surface area contributed by atoms with Gasteiger partial charge in [-0.2, -0.15) is 0 Å². The summed E-state index contributed by atoms with van der Waals surface area (Å²) in [6.45, 7) is 2.49. The Morgan fingerprint density at radius 1 is 1.17 bits per heavy atom. The number of ether oxygens (including phenoxy) is 1. The highest BCUT2D eigenvalue weighted by Gasteiger charge is 2.08. The van der Waals surface area contributed by atoms with Gasteiger partial charge in [-0.1, -0.05) is 29.3 Å². The van der Waals surface area contributed by atoms with Crippen molar-refractivity contribution in [3.8, 4) is 16.9 Å². The number of hydrogen-bond donors (Lipinski definition) is 1. The molecule has 0 fully saturated rings. The van der Waals surface area contributed by atoms with E-state index in [2.05, 4.69) is 13.0 Å². The largest absolute Gasteiger partial charge is 0.496 e. The fourth-order valence-corrected chi connectivity index (χ4v) is 2.14. The van der Waals surface area contributed by atoms with Gasteiger partial charge >= 0.3 is 0 Å². The molecule has 0 bridgehead atoms. The number of methoxy groups -OCH3 is 1. The van der Waals surface area contributed by atoms with Crippen LogP contribution in [0.3, 0.4) is 0 Å². The maximum absolute atomic E-state index is 6.08. The molecule has 0 atom stereocenters. The highest BCUT2D eigenvalue weighted by Crippen LogP contribution is 2.32. The van der Waals surface area contributed by atoms with Gasteiger partial charge in [0.2, 0.25) is 0 Å². The molecule has 0 aliphatic carbocycles. The maximum Gasteiger partial charge on any atom is 0.126 e. The van der Waals surface area contributed by atoms with E-state index in [9.17, 15) is 0 Å². The zero-order valence-corrected chi connectivity index (χ0v) is 11.3. The summed E-state index contributed by atoms with van der Waals surface area (Å²) in [6.07, 6.45) is 0. The summed E-state index contributed by atoms with van der Waals surface area (Å²) in [5.41, 5.74) is 9.94. The SMILES string of the molecule is COc1ccc(C)cc1-c1ccc(Cl)c(CN)c1. The van der Waals surface area contributed by atoms with Crippen LogP contribution >= 0.6 is 11.6 Å². The Balaban J connectivity index is 2.57. The van der Waals surface area contributed by atoms with Crippen LogP contribution in [0.2, 0.25) is 5.02 Å². The van der Waals surface area contributed by atoms with Crippen molar-refractivity contribution >= 4 is 11.6 Å². The molecule has 0 saturated heterocycles. The Bertz CT molecular complexity index is 566. The first-order valence-electron chi connectivity index (χ1n) is 5.79. The Hall–Kier alpha value is -1.51. The molecular formula is C15H16ClNO. The summed E-state index contributed by atoms with van der Waals surface area (Å²) in [5.74, 6) is 0.853. The minimum Gasteiger partial charge on any atom is -0.496 e. The number of hydrogen-bond acceptors (Lipinski definition) is 2. The predicted octanol–water partition coefficient (Wildman–Crippen LogP) is 3.78. The lowest BCUT2D eigenvalue weighted by molar-refractivity contribution is 0.416. The molecule has 0 radical (unpaired) electrons. The normalized spacial score (nSPS) is 10.4. The molecule has 2 aromatic carbocycles. The fourth-order valence-electron chi connectivity index (χ4n) is 1.95. The van der Waals surface area contributed by atoms with Crippen LogP contribution in [-0.2, 0) is 6.54 Å². The standard InChI is InChI=1S/C15H16ClNO/c1-10-3-6-15(18-2)13(7-10)11-4-5-14(16)12(8-11)9-17/h3-8H,9,17H2,1-2H3. The van der Waals surface area contributed by atoms with Gasteiger partial charge in [0, 0.05) is 17.1 Å². The molecule has 0 aliphatic rings. The summed E-state index contributed by atoms with van der Waals surface area (Å²) in [4.78, 5) is 0. The molecule has 0 heterocycles. The van der Waals surface area contributed by atoms with E-state index in [1.54, 1.807) is 7.11 Å². The monoisotopic (exact) mass is 261 g/mol. The van der Waals surface area contributed by atoms with Gasteiger partial charge in [-0.05, 0) is 42.3 Å². The Labute approximate surface area is 112 Å². The van der Waals surface area contributed by atoms with Gasteiger partial charge in [0.15, 0.2) is 0 Å². The van der Waals surface area contributed by atoms with Gasteiger partial charge in [0.1, 0.15) is 5.75 Å². The van der Waals surface area contributed by atoms with E-state index in [0.717, 1.165) is 22.4 Å². The minimum absolute atomic E-state index is 0.431. The smallest absolute Gasteiger partial charge is 0.126 e. The number of benzene rings is 2. The summed E-state index contributed by atoms with van der Waals surface area (Å²) in [7, 11) is 1.67. The molecule has 0 unspecified atom stereocenters. The van der Waals surface area contributed by atoms with Gasteiger partial charge < -0.3 is 10.5 Å². The van der Waals surface area contributed by atoms with Crippen LogP contribution in [-0.4, -0.2) is 7.11 Å². The van der Waals surface area contributed by atoms with Crippen LogP contribution in [0.25, 0.3) is 11.1 Å². The fraction of sp³-hybridized carbons (Fsp3) is 0.200.